The van der Waals surface area contributed by atoms with Gasteiger partial charge in [-0.15, -0.1) is 0 Å². The molecule has 0 aliphatic heterocycles. The van der Waals surface area contributed by atoms with Crippen LogP contribution in [-0.4, -0.2) is 28.8 Å². The molecule has 0 aromatic carbocycles. The van der Waals surface area contributed by atoms with Crippen LogP contribution in [0.1, 0.15) is 33.6 Å². The molecule has 0 rings (SSSR count). The normalized spacial score (nSPS) is 15.7. The van der Waals surface area contributed by atoms with Gasteiger partial charge in [-0.1, -0.05) is 0 Å². The van der Waals surface area contributed by atoms with Crippen molar-refractivity contribution >= 4 is 10.8 Å². The molecule has 0 spiro atoms. The van der Waals surface area contributed by atoms with Gasteiger partial charge in [0.1, 0.15) is 0 Å². The average Bonchev–Trinajstić information content (AvgIpc) is 2.16. The molecule has 15 heavy (non-hydrogen) atoms. The number of nitrogens with one attached hydrogen (secondary N) is 1. The lowest BCUT2D eigenvalue weighted by molar-refractivity contribution is 0.426. The summed E-state index contributed by atoms with van der Waals surface area (Å²) in [7, 11) is -0.749. The monoisotopic (exact) mass is 230 g/mol. The molecule has 0 heterocycles. The van der Waals surface area contributed by atoms with Gasteiger partial charge in [0, 0.05) is 28.9 Å². The van der Waals surface area contributed by atoms with Crippen molar-refractivity contribution in [3.8, 4) is 6.07 Å². The molecule has 1 N–H and O–H groups in total. The number of hydrogen-bond acceptors (Lipinski definition) is 3. The lowest BCUT2D eigenvalue weighted by Gasteiger charge is -2.15. The first kappa shape index (κ1) is 14.6. The molecule has 0 bridgehead atoms. The van der Waals surface area contributed by atoms with Crippen molar-refractivity contribution in [2.24, 2.45) is 5.41 Å². The average molecular weight is 230 g/mol. The molecule has 88 valence electrons. The Morgan fingerprint density at radius 3 is 2.60 bits per heavy atom. The van der Waals surface area contributed by atoms with Gasteiger partial charge < -0.3 is 5.32 Å². The molecule has 0 aliphatic carbocycles. The van der Waals surface area contributed by atoms with Crippen molar-refractivity contribution in [1.29, 1.82) is 5.26 Å². The van der Waals surface area contributed by atoms with Crippen molar-refractivity contribution in [1.82, 2.24) is 5.32 Å². The molecule has 0 saturated heterocycles. The van der Waals surface area contributed by atoms with Gasteiger partial charge in [-0.25, -0.2) is 0 Å². The molecular formula is C11H22N2OS. The Morgan fingerprint density at radius 1 is 1.53 bits per heavy atom. The zero-order valence-electron chi connectivity index (χ0n) is 10.2. The quantitative estimate of drug-likeness (QED) is 0.677. The van der Waals surface area contributed by atoms with Crippen molar-refractivity contribution in [3.05, 3.63) is 0 Å². The highest BCUT2D eigenvalue weighted by Gasteiger charge is 2.15. The van der Waals surface area contributed by atoms with E-state index in [-0.39, 0.29) is 10.7 Å². The van der Waals surface area contributed by atoms with E-state index in [1.165, 1.54) is 0 Å². The van der Waals surface area contributed by atoms with Crippen LogP contribution in [0.15, 0.2) is 0 Å². The first-order valence-corrected chi connectivity index (χ1v) is 6.95. The lowest BCUT2D eigenvalue weighted by Crippen LogP contribution is -2.28. The van der Waals surface area contributed by atoms with E-state index in [0.717, 1.165) is 25.9 Å². The van der Waals surface area contributed by atoms with E-state index in [1.807, 2.05) is 20.8 Å². The van der Waals surface area contributed by atoms with Crippen LogP contribution < -0.4 is 5.32 Å². The summed E-state index contributed by atoms with van der Waals surface area (Å²) in [5.41, 5.74) is -0.221. The fraction of sp³-hybridized carbons (Fsp3) is 0.909. The SMILES string of the molecule is CC(CNCCCC(C)(C)C#N)S(C)=O. The highest BCUT2D eigenvalue weighted by atomic mass is 32.2. The van der Waals surface area contributed by atoms with Crippen molar-refractivity contribution in [2.45, 2.75) is 38.9 Å². The van der Waals surface area contributed by atoms with Gasteiger partial charge in [0.2, 0.25) is 0 Å². The molecule has 0 aromatic rings. The van der Waals surface area contributed by atoms with E-state index in [2.05, 4.69) is 11.4 Å². The maximum atomic E-state index is 11.0. The Bertz CT molecular complexity index is 245. The minimum atomic E-state index is -0.749. The van der Waals surface area contributed by atoms with Gasteiger partial charge in [0.05, 0.1) is 11.5 Å². The van der Waals surface area contributed by atoms with Crippen LogP contribution in [0.2, 0.25) is 0 Å². The Balaban J connectivity index is 3.49. The van der Waals surface area contributed by atoms with Crippen molar-refractivity contribution in [3.63, 3.8) is 0 Å². The summed E-state index contributed by atoms with van der Waals surface area (Å²) in [6, 6.07) is 2.28. The van der Waals surface area contributed by atoms with Gasteiger partial charge in [-0.05, 0) is 40.2 Å². The van der Waals surface area contributed by atoms with Crippen molar-refractivity contribution < 1.29 is 4.21 Å². The molecule has 0 saturated carbocycles. The number of nitrogens with zero attached hydrogens (tertiary/aromatic N) is 1. The maximum Gasteiger partial charge on any atom is 0.0683 e. The van der Waals surface area contributed by atoms with Crippen LogP contribution in [0.4, 0.5) is 0 Å². The minimum Gasteiger partial charge on any atom is -0.316 e. The molecule has 0 radical (unpaired) electrons. The maximum absolute atomic E-state index is 11.0. The van der Waals surface area contributed by atoms with Gasteiger partial charge in [-0.3, -0.25) is 4.21 Å². The van der Waals surface area contributed by atoms with Crippen LogP contribution in [0.25, 0.3) is 0 Å². The molecule has 0 aliphatic rings. The summed E-state index contributed by atoms with van der Waals surface area (Å²) in [5, 5.41) is 12.3. The first-order valence-electron chi connectivity index (χ1n) is 5.33. The fourth-order valence-electron chi connectivity index (χ4n) is 1.13. The second-order valence-corrected chi connectivity index (χ2v) is 6.41. The molecule has 2 atom stereocenters. The zero-order chi connectivity index (χ0) is 11.9. The largest absolute Gasteiger partial charge is 0.316 e. The van der Waals surface area contributed by atoms with E-state index >= 15 is 0 Å². The summed E-state index contributed by atoms with van der Waals surface area (Å²) in [4.78, 5) is 0. The van der Waals surface area contributed by atoms with E-state index in [1.54, 1.807) is 6.26 Å². The third-order valence-corrected chi connectivity index (χ3v) is 3.76. The van der Waals surface area contributed by atoms with Crippen LogP contribution in [0, 0.1) is 16.7 Å². The molecule has 3 nitrogen and oxygen atoms in total. The standard InChI is InChI=1S/C11H22N2OS/c1-10(15(4)14)8-13-7-5-6-11(2,3)9-12/h10,13H,5-8H2,1-4H3. The van der Waals surface area contributed by atoms with Crippen molar-refractivity contribution in [2.75, 3.05) is 19.3 Å². The minimum absolute atomic E-state index is 0.203. The fourth-order valence-corrected chi connectivity index (χ4v) is 1.49. The van der Waals surface area contributed by atoms with Gasteiger partial charge in [0.25, 0.3) is 0 Å². The zero-order valence-corrected chi connectivity index (χ0v) is 11.0. The topological polar surface area (TPSA) is 52.9 Å². The Hall–Kier alpha value is -0.400. The summed E-state index contributed by atoms with van der Waals surface area (Å²) in [6.07, 6.45) is 3.62. The van der Waals surface area contributed by atoms with Gasteiger partial charge in [-0.2, -0.15) is 5.26 Å². The third kappa shape index (κ3) is 7.52. The number of nitriles is 1. The summed E-state index contributed by atoms with van der Waals surface area (Å²) >= 11 is 0. The second-order valence-electron chi connectivity index (χ2n) is 4.61. The molecule has 2 unspecified atom stereocenters. The molecule has 0 fully saturated rings. The predicted molar refractivity (Wildman–Crippen MR) is 65.0 cm³/mol. The van der Waals surface area contributed by atoms with E-state index < -0.39 is 10.8 Å². The predicted octanol–water partition coefficient (Wildman–Crippen LogP) is 1.67. The van der Waals surface area contributed by atoms with E-state index in [9.17, 15) is 4.21 Å². The smallest absolute Gasteiger partial charge is 0.0683 e. The van der Waals surface area contributed by atoms with Crippen LogP contribution in [0.5, 0.6) is 0 Å². The van der Waals surface area contributed by atoms with Gasteiger partial charge in [0.15, 0.2) is 0 Å². The first-order chi connectivity index (χ1) is 6.89. The lowest BCUT2D eigenvalue weighted by atomic mass is 9.90. The molecule has 0 amide bonds. The number of rotatable bonds is 7. The molecular weight excluding hydrogens is 208 g/mol. The molecule has 0 aromatic heterocycles. The van der Waals surface area contributed by atoms with Crippen LogP contribution >= 0.6 is 0 Å². The second kappa shape index (κ2) is 6.97. The third-order valence-electron chi connectivity index (χ3n) is 2.46. The summed E-state index contributed by atoms with van der Waals surface area (Å²) in [6.45, 7) is 7.57. The molecule has 4 heteroatoms. The highest BCUT2D eigenvalue weighted by Crippen LogP contribution is 2.19. The van der Waals surface area contributed by atoms with E-state index in [4.69, 9.17) is 5.26 Å². The highest BCUT2D eigenvalue weighted by molar-refractivity contribution is 7.84. The Labute approximate surface area is 95.7 Å². The Morgan fingerprint density at radius 2 is 2.13 bits per heavy atom. The summed E-state index contributed by atoms with van der Waals surface area (Å²) < 4.78 is 11.0. The number of hydrogen-bond donors (Lipinski definition) is 1. The van der Waals surface area contributed by atoms with E-state index in [0.29, 0.717) is 0 Å². The Kier molecular flexibility index (Phi) is 6.78. The summed E-state index contributed by atoms with van der Waals surface area (Å²) in [5.74, 6) is 0. The van der Waals surface area contributed by atoms with Crippen LogP contribution in [-0.2, 0) is 10.8 Å². The van der Waals surface area contributed by atoms with Crippen LogP contribution in [0.3, 0.4) is 0 Å². The van der Waals surface area contributed by atoms with Gasteiger partial charge >= 0.3 is 0 Å².